The van der Waals surface area contributed by atoms with Crippen LogP contribution in [0.25, 0.3) is 0 Å². The molecule has 0 spiro atoms. The van der Waals surface area contributed by atoms with Gasteiger partial charge in [-0.3, -0.25) is 9.59 Å². The third kappa shape index (κ3) is 6.99. The molecule has 1 heterocycles. The molecule has 0 saturated carbocycles. The van der Waals surface area contributed by atoms with Gasteiger partial charge in [-0.05, 0) is 30.4 Å². The maximum atomic E-state index is 12.2. The summed E-state index contributed by atoms with van der Waals surface area (Å²) >= 11 is 1.36. The molecule has 0 saturated heterocycles. The van der Waals surface area contributed by atoms with Gasteiger partial charge >= 0.3 is 0 Å². The molecule has 8 heteroatoms. The van der Waals surface area contributed by atoms with Crippen molar-refractivity contribution in [1.82, 2.24) is 20.1 Å². The molecule has 0 atom stereocenters. The number of aryl methyl sites for hydroxylation is 2. The van der Waals surface area contributed by atoms with Crippen molar-refractivity contribution in [3.8, 4) is 0 Å². The van der Waals surface area contributed by atoms with E-state index in [1.54, 1.807) is 0 Å². The van der Waals surface area contributed by atoms with Crippen LogP contribution in [-0.2, 0) is 29.0 Å². The lowest BCUT2D eigenvalue weighted by atomic mass is 10.1. The van der Waals surface area contributed by atoms with E-state index >= 15 is 0 Å². The quantitative estimate of drug-likeness (QED) is 0.559. The van der Waals surface area contributed by atoms with Crippen molar-refractivity contribution < 1.29 is 9.59 Å². The number of amides is 2. The number of nitrogens with two attached hydrogens (primary N) is 1. The van der Waals surface area contributed by atoms with Gasteiger partial charge in [0.2, 0.25) is 11.8 Å². The Bertz CT molecular complexity index is 804. The van der Waals surface area contributed by atoms with Gasteiger partial charge < -0.3 is 15.6 Å². The third-order valence-electron chi connectivity index (χ3n) is 4.25. The summed E-state index contributed by atoms with van der Waals surface area (Å²) in [7, 11) is 0. The second-order valence-corrected chi connectivity index (χ2v) is 8.13. The molecule has 1 aromatic heterocycles. The minimum Gasteiger partial charge on any atom is -0.370 e. The van der Waals surface area contributed by atoms with E-state index in [0.29, 0.717) is 24.0 Å². The van der Waals surface area contributed by atoms with Crippen molar-refractivity contribution in [2.24, 2.45) is 11.7 Å². The van der Waals surface area contributed by atoms with Crippen molar-refractivity contribution in [2.45, 2.75) is 51.7 Å². The number of rotatable bonds is 11. The molecule has 3 N–H and O–H groups in total. The topological polar surface area (TPSA) is 103 Å². The largest absolute Gasteiger partial charge is 0.370 e. The van der Waals surface area contributed by atoms with E-state index in [1.165, 1.54) is 22.9 Å². The molecule has 0 aliphatic rings. The number of carbonyl (C=O) groups is 2. The van der Waals surface area contributed by atoms with Gasteiger partial charge in [-0.15, -0.1) is 10.2 Å². The fourth-order valence-electron chi connectivity index (χ4n) is 2.80. The fraction of sp³-hybridized carbons (Fsp3) is 0.500. The first-order valence-corrected chi connectivity index (χ1v) is 10.5. The molecule has 0 aliphatic carbocycles. The Morgan fingerprint density at radius 2 is 1.96 bits per heavy atom. The number of thioether (sulfide) groups is 1. The molecule has 2 rings (SSSR count). The van der Waals surface area contributed by atoms with Crippen LogP contribution in [0.15, 0.2) is 29.4 Å². The lowest BCUT2D eigenvalue weighted by Gasteiger charge is -2.12. The highest BCUT2D eigenvalue weighted by Crippen LogP contribution is 2.19. The van der Waals surface area contributed by atoms with Gasteiger partial charge in [-0.25, -0.2) is 0 Å². The van der Waals surface area contributed by atoms with Crippen LogP contribution >= 0.6 is 11.8 Å². The molecule has 0 bridgehead atoms. The summed E-state index contributed by atoms with van der Waals surface area (Å²) in [6.45, 7) is 7.62. The van der Waals surface area contributed by atoms with Gasteiger partial charge in [0.05, 0.1) is 5.75 Å². The van der Waals surface area contributed by atoms with Crippen molar-refractivity contribution >= 4 is 23.6 Å². The van der Waals surface area contributed by atoms with E-state index in [2.05, 4.69) is 48.4 Å². The summed E-state index contributed by atoms with van der Waals surface area (Å²) in [6, 6.07) is 8.18. The smallest absolute Gasteiger partial charge is 0.230 e. The van der Waals surface area contributed by atoms with Crippen LogP contribution in [-0.4, -0.2) is 38.9 Å². The molecule has 0 unspecified atom stereocenters. The molecule has 2 aromatic rings. The molecule has 28 heavy (non-hydrogen) atoms. The van der Waals surface area contributed by atoms with Crippen LogP contribution in [0.3, 0.4) is 0 Å². The zero-order chi connectivity index (χ0) is 20.5. The highest BCUT2D eigenvalue weighted by Gasteiger charge is 2.15. The first kappa shape index (κ1) is 21.9. The summed E-state index contributed by atoms with van der Waals surface area (Å²) in [6.07, 6.45) is 1.50. The maximum Gasteiger partial charge on any atom is 0.230 e. The molecule has 0 fully saturated rings. The van der Waals surface area contributed by atoms with Gasteiger partial charge in [0, 0.05) is 25.9 Å². The van der Waals surface area contributed by atoms with Crippen LogP contribution < -0.4 is 11.1 Å². The number of nitrogens with zero attached hydrogens (tertiary/aromatic N) is 3. The first-order valence-electron chi connectivity index (χ1n) is 9.51. The Hall–Kier alpha value is -2.35. The van der Waals surface area contributed by atoms with Gasteiger partial charge in [-0.2, -0.15) is 0 Å². The Morgan fingerprint density at radius 3 is 2.64 bits per heavy atom. The second-order valence-electron chi connectivity index (χ2n) is 7.18. The van der Waals surface area contributed by atoms with Crippen molar-refractivity contribution in [1.29, 1.82) is 0 Å². The number of nitrogens with one attached hydrogen (secondary N) is 1. The molecule has 2 amide bonds. The molecule has 0 aliphatic heterocycles. The summed E-state index contributed by atoms with van der Waals surface area (Å²) in [5.41, 5.74) is 7.71. The van der Waals surface area contributed by atoms with E-state index in [-0.39, 0.29) is 24.0 Å². The van der Waals surface area contributed by atoms with Gasteiger partial charge in [0.15, 0.2) is 5.16 Å². The van der Waals surface area contributed by atoms with Crippen molar-refractivity contribution in [3.63, 3.8) is 0 Å². The minimum absolute atomic E-state index is 0.0311. The molecular weight excluding hydrogens is 374 g/mol. The van der Waals surface area contributed by atoms with Crippen LogP contribution in [0, 0.1) is 12.8 Å². The van der Waals surface area contributed by atoms with Crippen molar-refractivity contribution in [2.75, 3.05) is 12.3 Å². The van der Waals surface area contributed by atoms with E-state index < -0.39 is 0 Å². The number of carbonyl (C=O) groups excluding carboxylic acids is 2. The highest BCUT2D eigenvalue weighted by molar-refractivity contribution is 7.99. The maximum absolute atomic E-state index is 12.2. The summed E-state index contributed by atoms with van der Waals surface area (Å²) in [4.78, 5) is 23.3. The number of benzene rings is 1. The summed E-state index contributed by atoms with van der Waals surface area (Å²) in [5.74, 6) is 1.01. The van der Waals surface area contributed by atoms with Gasteiger partial charge in [0.25, 0.3) is 0 Å². The number of primary amides is 1. The van der Waals surface area contributed by atoms with E-state index in [1.807, 2.05) is 16.7 Å². The zero-order valence-electron chi connectivity index (χ0n) is 16.8. The number of hydrogen-bond donors (Lipinski definition) is 2. The molecular formula is C20H29N5O2S. The van der Waals surface area contributed by atoms with Gasteiger partial charge in [-0.1, -0.05) is 49.9 Å². The van der Waals surface area contributed by atoms with E-state index in [9.17, 15) is 9.59 Å². The predicted octanol–water partition coefficient (Wildman–Crippen LogP) is 2.11. The van der Waals surface area contributed by atoms with E-state index in [4.69, 9.17) is 5.73 Å². The minimum atomic E-state index is -0.360. The third-order valence-corrected chi connectivity index (χ3v) is 5.21. The van der Waals surface area contributed by atoms with Crippen LogP contribution in [0.2, 0.25) is 0 Å². The second kappa shape index (κ2) is 10.8. The fourth-order valence-corrected chi connectivity index (χ4v) is 3.60. The average Bonchev–Trinajstić information content (AvgIpc) is 3.01. The number of hydrogen-bond acceptors (Lipinski definition) is 5. The molecule has 7 nitrogen and oxygen atoms in total. The predicted molar refractivity (Wildman–Crippen MR) is 111 cm³/mol. The van der Waals surface area contributed by atoms with Crippen LogP contribution in [0.5, 0.6) is 0 Å². The normalized spacial score (nSPS) is 11.0. The van der Waals surface area contributed by atoms with Crippen LogP contribution in [0.4, 0.5) is 0 Å². The zero-order valence-corrected chi connectivity index (χ0v) is 17.6. The highest BCUT2D eigenvalue weighted by atomic mass is 32.2. The standard InChI is InChI=1S/C20H29N5O2S/c1-14(2)12-25-18(9-8-17(21)26)23-24-20(25)28-13-19(27)22-11-10-16-7-5-4-6-15(16)3/h4-7,14H,8-13H2,1-3H3,(H2,21,26)(H,22,27). The SMILES string of the molecule is Cc1ccccc1CCNC(=O)CSc1nnc(CCC(N)=O)n1CC(C)C. The summed E-state index contributed by atoms with van der Waals surface area (Å²) in [5, 5.41) is 12.0. The Morgan fingerprint density at radius 1 is 1.21 bits per heavy atom. The van der Waals surface area contributed by atoms with Crippen molar-refractivity contribution in [3.05, 3.63) is 41.2 Å². The molecule has 0 radical (unpaired) electrons. The van der Waals surface area contributed by atoms with E-state index in [0.717, 1.165) is 18.8 Å². The summed E-state index contributed by atoms with van der Waals surface area (Å²) < 4.78 is 1.99. The number of aromatic nitrogens is 3. The Balaban J connectivity index is 1.87. The lowest BCUT2D eigenvalue weighted by molar-refractivity contribution is -0.119. The Labute approximate surface area is 170 Å². The Kier molecular flexibility index (Phi) is 8.50. The monoisotopic (exact) mass is 403 g/mol. The lowest BCUT2D eigenvalue weighted by Crippen LogP contribution is -2.27. The molecule has 1 aromatic carbocycles. The van der Waals surface area contributed by atoms with Gasteiger partial charge in [0.1, 0.15) is 5.82 Å². The van der Waals surface area contributed by atoms with Crippen LogP contribution in [0.1, 0.15) is 37.2 Å². The molecule has 152 valence electrons. The first-order chi connectivity index (χ1) is 13.4. The average molecular weight is 404 g/mol.